The summed E-state index contributed by atoms with van der Waals surface area (Å²) in [7, 11) is 0. The Bertz CT molecular complexity index is 599. The Morgan fingerprint density at radius 3 is 1.96 bits per heavy atom. The van der Waals surface area contributed by atoms with E-state index in [-0.39, 0.29) is 18.3 Å². The van der Waals surface area contributed by atoms with E-state index in [4.69, 9.17) is 9.47 Å². The lowest BCUT2D eigenvalue weighted by atomic mass is 10.0. The number of ether oxygens (including phenoxy) is 2. The number of aliphatic hydroxyl groups excluding tert-OH is 1. The summed E-state index contributed by atoms with van der Waals surface area (Å²) in [5, 5.41) is 10.5. The van der Waals surface area contributed by atoms with Crippen LogP contribution in [0.3, 0.4) is 0 Å². The fourth-order valence-electron chi connectivity index (χ4n) is 3.63. The van der Waals surface area contributed by atoms with E-state index in [1.165, 1.54) is 0 Å². The van der Waals surface area contributed by atoms with Crippen molar-refractivity contribution in [2.24, 2.45) is 0 Å². The number of rotatable bonds is 7. The van der Waals surface area contributed by atoms with Gasteiger partial charge in [0, 0.05) is 19.6 Å². The average Bonchev–Trinajstić information content (AvgIpc) is 2.63. The highest BCUT2D eigenvalue weighted by molar-refractivity contribution is 5.29. The highest BCUT2D eigenvalue weighted by Gasteiger charge is 2.24. The summed E-state index contributed by atoms with van der Waals surface area (Å²) >= 11 is 0. The molecule has 0 radical (unpaired) electrons. The fourth-order valence-corrected chi connectivity index (χ4v) is 3.63. The second-order valence-corrected chi connectivity index (χ2v) is 7.16. The van der Waals surface area contributed by atoms with Crippen molar-refractivity contribution in [1.82, 2.24) is 4.90 Å². The standard InChI is InChI=1S/C22H29NO3/c1-17-13-23(14-18(2)26-17)15-21(24)16-25-22(19-9-5-3-6-10-19)20-11-7-4-8-12-20/h3-12,17-18,21-22,24H,13-16H2,1-2H3/t17-,18-,21-/m1/s1. The molecule has 0 bridgehead atoms. The van der Waals surface area contributed by atoms with Crippen molar-refractivity contribution in [3.05, 3.63) is 71.8 Å². The molecule has 140 valence electrons. The lowest BCUT2D eigenvalue weighted by Gasteiger charge is -2.36. The predicted octanol–water partition coefficient (Wildman–Crippen LogP) is 3.26. The third-order valence-electron chi connectivity index (χ3n) is 4.62. The second kappa shape index (κ2) is 9.28. The van der Waals surface area contributed by atoms with E-state index in [1.54, 1.807) is 0 Å². The van der Waals surface area contributed by atoms with Gasteiger partial charge >= 0.3 is 0 Å². The van der Waals surface area contributed by atoms with Crippen molar-refractivity contribution in [3.8, 4) is 0 Å². The first-order valence-electron chi connectivity index (χ1n) is 9.39. The summed E-state index contributed by atoms with van der Waals surface area (Å²) in [6, 6.07) is 20.3. The molecule has 1 heterocycles. The number of β-amino-alcohol motifs (C(OH)–C–C–N with tert-alkyl or cyclic N) is 1. The van der Waals surface area contributed by atoms with Crippen LogP contribution in [0.15, 0.2) is 60.7 Å². The highest BCUT2D eigenvalue weighted by Crippen LogP contribution is 2.26. The van der Waals surface area contributed by atoms with E-state index in [0.717, 1.165) is 24.2 Å². The molecule has 1 aliphatic heterocycles. The summed E-state index contributed by atoms with van der Waals surface area (Å²) in [4.78, 5) is 2.26. The molecular weight excluding hydrogens is 326 g/mol. The Hall–Kier alpha value is -1.72. The van der Waals surface area contributed by atoms with Crippen molar-refractivity contribution in [2.45, 2.75) is 38.3 Å². The first-order chi connectivity index (χ1) is 12.6. The lowest BCUT2D eigenvalue weighted by molar-refractivity contribution is -0.0843. The van der Waals surface area contributed by atoms with Crippen LogP contribution in [0.5, 0.6) is 0 Å². The number of hydrogen-bond acceptors (Lipinski definition) is 4. The maximum atomic E-state index is 10.5. The van der Waals surface area contributed by atoms with Gasteiger partial charge in [-0.1, -0.05) is 60.7 Å². The highest BCUT2D eigenvalue weighted by atomic mass is 16.5. The second-order valence-electron chi connectivity index (χ2n) is 7.16. The Balaban J connectivity index is 1.61. The summed E-state index contributed by atoms with van der Waals surface area (Å²) in [5.41, 5.74) is 2.19. The lowest BCUT2D eigenvalue weighted by Crippen LogP contribution is -2.48. The molecule has 0 aliphatic carbocycles. The molecule has 1 saturated heterocycles. The van der Waals surface area contributed by atoms with Gasteiger partial charge in [-0.15, -0.1) is 0 Å². The monoisotopic (exact) mass is 355 g/mol. The largest absolute Gasteiger partial charge is 0.389 e. The first-order valence-corrected chi connectivity index (χ1v) is 9.39. The van der Waals surface area contributed by atoms with Crippen LogP contribution in [0, 0.1) is 0 Å². The molecule has 0 unspecified atom stereocenters. The molecule has 1 N–H and O–H groups in total. The van der Waals surface area contributed by atoms with Gasteiger partial charge in [0.1, 0.15) is 6.10 Å². The van der Waals surface area contributed by atoms with Crippen LogP contribution in [0.25, 0.3) is 0 Å². The summed E-state index contributed by atoms with van der Waals surface area (Å²) in [6.45, 7) is 6.76. The van der Waals surface area contributed by atoms with E-state index >= 15 is 0 Å². The molecule has 2 aromatic rings. The molecule has 4 heteroatoms. The van der Waals surface area contributed by atoms with Gasteiger partial charge in [0.25, 0.3) is 0 Å². The Morgan fingerprint density at radius 1 is 0.962 bits per heavy atom. The van der Waals surface area contributed by atoms with E-state index in [2.05, 4.69) is 43.0 Å². The first kappa shape index (κ1) is 19.1. The van der Waals surface area contributed by atoms with Gasteiger partial charge in [-0.05, 0) is 25.0 Å². The van der Waals surface area contributed by atoms with Crippen molar-refractivity contribution in [1.29, 1.82) is 0 Å². The number of hydrogen-bond donors (Lipinski definition) is 1. The van der Waals surface area contributed by atoms with Crippen LogP contribution in [0.2, 0.25) is 0 Å². The maximum absolute atomic E-state index is 10.5. The maximum Gasteiger partial charge on any atom is 0.108 e. The van der Waals surface area contributed by atoms with Gasteiger partial charge < -0.3 is 14.6 Å². The molecule has 3 rings (SSSR count). The molecule has 0 saturated carbocycles. The van der Waals surface area contributed by atoms with Crippen molar-refractivity contribution < 1.29 is 14.6 Å². The molecule has 2 aromatic carbocycles. The van der Waals surface area contributed by atoms with Gasteiger partial charge in [-0.25, -0.2) is 0 Å². The molecule has 4 nitrogen and oxygen atoms in total. The van der Waals surface area contributed by atoms with E-state index in [1.807, 2.05) is 36.4 Å². The number of benzene rings is 2. The van der Waals surface area contributed by atoms with Gasteiger partial charge in [0.05, 0.1) is 24.9 Å². The van der Waals surface area contributed by atoms with Crippen molar-refractivity contribution in [3.63, 3.8) is 0 Å². The van der Waals surface area contributed by atoms with E-state index in [9.17, 15) is 5.11 Å². The number of nitrogens with zero attached hydrogens (tertiary/aromatic N) is 1. The molecule has 0 aromatic heterocycles. The van der Waals surface area contributed by atoms with Crippen LogP contribution < -0.4 is 0 Å². The van der Waals surface area contributed by atoms with Gasteiger partial charge in [-0.2, -0.15) is 0 Å². The minimum atomic E-state index is -0.526. The number of morpholine rings is 1. The molecular formula is C22H29NO3. The van der Waals surface area contributed by atoms with E-state index < -0.39 is 6.10 Å². The Morgan fingerprint density at radius 2 is 1.46 bits per heavy atom. The minimum Gasteiger partial charge on any atom is -0.389 e. The molecule has 26 heavy (non-hydrogen) atoms. The van der Waals surface area contributed by atoms with E-state index in [0.29, 0.717) is 13.2 Å². The molecule has 1 aliphatic rings. The van der Waals surface area contributed by atoms with Crippen LogP contribution in [-0.4, -0.2) is 54.6 Å². The third-order valence-corrected chi connectivity index (χ3v) is 4.62. The van der Waals surface area contributed by atoms with Gasteiger partial charge in [0.2, 0.25) is 0 Å². The van der Waals surface area contributed by atoms with Crippen LogP contribution >= 0.6 is 0 Å². The summed E-state index contributed by atoms with van der Waals surface area (Å²) < 4.78 is 11.9. The predicted molar refractivity (Wildman–Crippen MR) is 103 cm³/mol. The molecule has 0 amide bonds. The zero-order valence-corrected chi connectivity index (χ0v) is 15.6. The summed E-state index contributed by atoms with van der Waals surface area (Å²) in [5.74, 6) is 0. The molecule has 0 spiro atoms. The Labute approximate surface area is 156 Å². The molecule has 3 atom stereocenters. The Kier molecular flexibility index (Phi) is 6.80. The summed E-state index contributed by atoms with van der Waals surface area (Å²) in [6.07, 6.45) is -0.293. The van der Waals surface area contributed by atoms with Crippen LogP contribution in [0.1, 0.15) is 31.1 Å². The smallest absolute Gasteiger partial charge is 0.108 e. The zero-order valence-electron chi connectivity index (χ0n) is 15.6. The quantitative estimate of drug-likeness (QED) is 0.828. The number of aliphatic hydroxyl groups is 1. The third kappa shape index (κ3) is 5.39. The van der Waals surface area contributed by atoms with Crippen LogP contribution in [0.4, 0.5) is 0 Å². The average molecular weight is 355 g/mol. The SMILES string of the molecule is C[C@@H]1CN(C[C@@H](O)COC(c2ccccc2)c2ccccc2)C[C@@H](C)O1. The zero-order chi connectivity index (χ0) is 18.4. The van der Waals surface area contributed by atoms with Gasteiger partial charge in [-0.3, -0.25) is 4.90 Å². The van der Waals surface area contributed by atoms with Crippen molar-refractivity contribution >= 4 is 0 Å². The minimum absolute atomic E-state index is 0.172. The van der Waals surface area contributed by atoms with Crippen LogP contribution in [-0.2, 0) is 9.47 Å². The topological polar surface area (TPSA) is 41.9 Å². The van der Waals surface area contributed by atoms with Gasteiger partial charge in [0.15, 0.2) is 0 Å². The van der Waals surface area contributed by atoms with Crippen molar-refractivity contribution in [2.75, 3.05) is 26.2 Å². The fraction of sp³-hybridized carbons (Fsp3) is 0.455. The molecule has 1 fully saturated rings. The normalized spacial score (nSPS) is 22.5.